The number of nitrogen functional groups attached to an aromatic ring is 1. The van der Waals surface area contributed by atoms with E-state index in [4.69, 9.17) is 10.8 Å². The van der Waals surface area contributed by atoms with E-state index in [0.717, 1.165) is 22.2 Å². The van der Waals surface area contributed by atoms with Gasteiger partial charge in [-0.05, 0) is 31.5 Å². The van der Waals surface area contributed by atoms with Gasteiger partial charge in [0.25, 0.3) is 0 Å². The minimum atomic E-state index is -0.954. The number of aromatic nitrogens is 1. The summed E-state index contributed by atoms with van der Waals surface area (Å²) in [5, 5.41) is 9.92. The number of fused-ring (bicyclic) bond motifs is 1. The highest BCUT2D eigenvalue weighted by atomic mass is 16.4. The summed E-state index contributed by atoms with van der Waals surface area (Å²) in [4.78, 5) is 10.9. The number of anilines is 1. The normalized spacial score (nSPS) is 10.9. The van der Waals surface area contributed by atoms with Crippen LogP contribution >= 0.6 is 0 Å². The molecule has 3 N–H and O–H groups in total. The molecule has 0 radical (unpaired) electrons. The quantitative estimate of drug-likeness (QED) is 0.720. The van der Waals surface area contributed by atoms with Gasteiger partial charge in [-0.3, -0.25) is 0 Å². The Morgan fingerprint density at radius 1 is 1.38 bits per heavy atom. The van der Waals surface area contributed by atoms with Crippen molar-refractivity contribution >= 4 is 22.6 Å². The lowest BCUT2D eigenvalue weighted by Crippen LogP contribution is -1.99. The van der Waals surface area contributed by atoms with Crippen LogP contribution in [-0.4, -0.2) is 15.6 Å². The minimum Gasteiger partial charge on any atom is -0.478 e. The zero-order valence-corrected chi connectivity index (χ0v) is 9.53. The predicted octanol–water partition coefficient (Wildman–Crippen LogP) is 2.08. The van der Waals surface area contributed by atoms with Crippen LogP contribution < -0.4 is 5.73 Å². The molecule has 1 aromatic heterocycles. The fraction of sp³-hybridized carbons (Fsp3) is 0.250. The molecule has 0 bridgehead atoms. The Morgan fingerprint density at radius 3 is 2.56 bits per heavy atom. The maximum absolute atomic E-state index is 10.9. The average molecular weight is 218 g/mol. The van der Waals surface area contributed by atoms with E-state index in [0.29, 0.717) is 5.69 Å². The van der Waals surface area contributed by atoms with Crippen LogP contribution in [0.1, 0.15) is 21.6 Å². The van der Waals surface area contributed by atoms with Gasteiger partial charge in [0, 0.05) is 23.8 Å². The van der Waals surface area contributed by atoms with E-state index in [2.05, 4.69) is 0 Å². The third-order valence-corrected chi connectivity index (χ3v) is 3.18. The van der Waals surface area contributed by atoms with Gasteiger partial charge in [0.15, 0.2) is 0 Å². The van der Waals surface area contributed by atoms with Crippen LogP contribution in [0.2, 0.25) is 0 Å². The van der Waals surface area contributed by atoms with E-state index in [1.54, 1.807) is 6.07 Å². The summed E-state index contributed by atoms with van der Waals surface area (Å²) < 4.78 is 1.97. The van der Waals surface area contributed by atoms with Crippen LogP contribution in [0.25, 0.3) is 10.9 Å². The van der Waals surface area contributed by atoms with Gasteiger partial charge in [-0.25, -0.2) is 4.79 Å². The summed E-state index contributed by atoms with van der Waals surface area (Å²) in [5.41, 5.74) is 9.73. The number of benzene rings is 1. The van der Waals surface area contributed by atoms with Gasteiger partial charge in [0.05, 0.1) is 11.1 Å². The van der Waals surface area contributed by atoms with Crippen molar-refractivity contribution in [3.63, 3.8) is 0 Å². The molecule has 0 amide bonds. The maximum Gasteiger partial charge on any atom is 0.335 e. The molecule has 0 saturated carbocycles. The lowest BCUT2D eigenvalue weighted by molar-refractivity contribution is 0.0697. The van der Waals surface area contributed by atoms with Gasteiger partial charge in [-0.2, -0.15) is 0 Å². The molecule has 0 atom stereocenters. The molecular weight excluding hydrogens is 204 g/mol. The molecule has 0 fully saturated rings. The SMILES string of the molecule is Cc1c(C)n(C)c2cc(C(=O)O)cc(N)c12. The largest absolute Gasteiger partial charge is 0.478 e. The molecule has 2 aromatic rings. The van der Waals surface area contributed by atoms with E-state index in [-0.39, 0.29) is 5.56 Å². The maximum atomic E-state index is 10.9. The minimum absolute atomic E-state index is 0.227. The number of nitrogens with two attached hydrogens (primary N) is 1. The molecule has 2 rings (SSSR count). The molecule has 0 unspecified atom stereocenters. The second kappa shape index (κ2) is 3.27. The van der Waals surface area contributed by atoms with Crippen LogP contribution in [0.3, 0.4) is 0 Å². The molecule has 0 aliphatic carbocycles. The molecule has 4 nitrogen and oxygen atoms in total. The number of aromatic carboxylic acids is 1. The summed E-state index contributed by atoms with van der Waals surface area (Å²) in [6.45, 7) is 3.99. The Kier molecular flexibility index (Phi) is 2.15. The van der Waals surface area contributed by atoms with Crippen molar-refractivity contribution in [3.05, 3.63) is 29.0 Å². The molecule has 0 spiro atoms. The van der Waals surface area contributed by atoms with Crippen LogP contribution in [0, 0.1) is 13.8 Å². The number of hydrogen-bond acceptors (Lipinski definition) is 2. The van der Waals surface area contributed by atoms with Crippen LogP contribution in [0.15, 0.2) is 12.1 Å². The molecule has 0 aliphatic heterocycles. The number of carbonyl (C=O) groups is 1. The lowest BCUT2D eigenvalue weighted by Gasteiger charge is -2.02. The number of hydrogen-bond donors (Lipinski definition) is 2. The van der Waals surface area contributed by atoms with Crippen molar-refractivity contribution in [2.45, 2.75) is 13.8 Å². The molecule has 0 saturated heterocycles. The first kappa shape index (κ1) is 10.5. The highest BCUT2D eigenvalue weighted by molar-refractivity contribution is 6.01. The van der Waals surface area contributed by atoms with Crippen LogP contribution in [0.4, 0.5) is 5.69 Å². The Hall–Kier alpha value is -1.97. The van der Waals surface area contributed by atoms with Gasteiger partial charge >= 0.3 is 5.97 Å². The summed E-state index contributed by atoms with van der Waals surface area (Å²) in [6, 6.07) is 3.17. The third-order valence-electron chi connectivity index (χ3n) is 3.18. The molecule has 4 heteroatoms. The number of carboxylic acids is 1. The van der Waals surface area contributed by atoms with Crippen molar-refractivity contribution in [2.24, 2.45) is 7.05 Å². The van der Waals surface area contributed by atoms with E-state index >= 15 is 0 Å². The predicted molar refractivity (Wildman–Crippen MR) is 63.8 cm³/mol. The van der Waals surface area contributed by atoms with E-state index in [1.807, 2.05) is 25.5 Å². The monoisotopic (exact) mass is 218 g/mol. The van der Waals surface area contributed by atoms with Gasteiger partial charge in [0.2, 0.25) is 0 Å². The van der Waals surface area contributed by atoms with Crippen LogP contribution in [0.5, 0.6) is 0 Å². The van der Waals surface area contributed by atoms with Crippen molar-refractivity contribution in [3.8, 4) is 0 Å². The van der Waals surface area contributed by atoms with Gasteiger partial charge in [0.1, 0.15) is 0 Å². The highest BCUT2D eigenvalue weighted by Crippen LogP contribution is 2.30. The number of nitrogens with zero attached hydrogens (tertiary/aromatic N) is 1. The number of rotatable bonds is 1. The first-order valence-electron chi connectivity index (χ1n) is 5.02. The molecule has 0 aliphatic rings. The fourth-order valence-corrected chi connectivity index (χ4v) is 2.06. The van der Waals surface area contributed by atoms with Crippen LogP contribution in [-0.2, 0) is 7.05 Å². The molecule has 1 heterocycles. The molecular formula is C12H14N2O2. The zero-order chi connectivity index (χ0) is 12.0. The van der Waals surface area contributed by atoms with Gasteiger partial charge in [-0.15, -0.1) is 0 Å². The summed E-state index contributed by atoms with van der Waals surface area (Å²) in [6.07, 6.45) is 0. The second-order valence-corrected chi connectivity index (χ2v) is 4.03. The first-order chi connectivity index (χ1) is 7.43. The van der Waals surface area contributed by atoms with Crippen molar-refractivity contribution in [1.29, 1.82) is 0 Å². The Balaban J connectivity index is 2.93. The average Bonchev–Trinajstić information content (AvgIpc) is 2.44. The smallest absolute Gasteiger partial charge is 0.335 e. The zero-order valence-electron chi connectivity index (χ0n) is 9.53. The topological polar surface area (TPSA) is 68.2 Å². The first-order valence-corrected chi connectivity index (χ1v) is 5.02. The van der Waals surface area contributed by atoms with E-state index < -0.39 is 5.97 Å². The van der Waals surface area contributed by atoms with E-state index in [9.17, 15) is 4.79 Å². The number of carboxylic acid groups (broad SMARTS) is 1. The third kappa shape index (κ3) is 1.26. The lowest BCUT2D eigenvalue weighted by atomic mass is 10.1. The Bertz CT molecular complexity index is 597. The summed E-state index contributed by atoms with van der Waals surface area (Å²) >= 11 is 0. The second-order valence-electron chi connectivity index (χ2n) is 4.03. The summed E-state index contributed by atoms with van der Waals surface area (Å²) in [5.74, 6) is -0.954. The Labute approximate surface area is 93.3 Å². The van der Waals surface area contributed by atoms with E-state index in [1.165, 1.54) is 6.07 Å². The van der Waals surface area contributed by atoms with Crippen molar-refractivity contribution in [1.82, 2.24) is 4.57 Å². The van der Waals surface area contributed by atoms with Crippen molar-refractivity contribution in [2.75, 3.05) is 5.73 Å². The highest BCUT2D eigenvalue weighted by Gasteiger charge is 2.14. The standard InChI is InChI=1S/C12H14N2O2/c1-6-7(2)14(3)10-5-8(12(15)16)4-9(13)11(6)10/h4-5H,13H2,1-3H3,(H,15,16). The van der Waals surface area contributed by atoms with Crippen molar-refractivity contribution < 1.29 is 9.90 Å². The van der Waals surface area contributed by atoms with Gasteiger partial charge in [-0.1, -0.05) is 0 Å². The van der Waals surface area contributed by atoms with Gasteiger partial charge < -0.3 is 15.4 Å². The molecule has 84 valence electrons. The number of aryl methyl sites for hydroxylation is 2. The molecule has 16 heavy (non-hydrogen) atoms. The molecule has 1 aromatic carbocycles. The summed E-state index contributed by atoms with van der Waals surface area (Å²) in [7, 11) is 1.91. The Morgan fingerprint density at radius 2 is 2.00 bits per heavy atom. The fourth-order valence-electron chi connectivity index (χ4n) is 2.06.